The highest BCUT2D eigenvalue weighted by molar-refractivity contribution is 7.16. The zero-order valence-corrected chi connectivity index (χ0v) is 20.2. The van der Waals surface area contributed by atoms with Crippen LogP contribution in [-0.2, 0) is 6.54 Å². The molecule has 0 aliphatic carbocycles. The van der Waals surface area contributed by atoms with Gasteiger partial charge in [-0.2, -0.15) is 0 Å². The van der Waals surface area contributed by atoms with Crippen molar-refractivity contribution in [1.29, 1.82) is 0 Å². The number of nitrogens with zero attached hydrogens (tertiary/aromatic N) is 4. The van der Waals surface area contributed by atoms with Crippen LogP contribution >= 0.6 is 22.9 Å². The van der Waals surface area contributed by atoms with E-state index in [0.29, 0.717) is 6.54 Å². The average molecular weight is 441 g/mol. The number of halogens is 1. The Balaban J connectivity index is 0.000000590. The third kappa shape index (κ3) is 4.63. The summed E-state index contributed by atoms with van der Waals surface area (Å²) in [7, 11) is 0. The van der Waals surface area contributed by atoms with Crippen molar-refractivity contribution in [2.75, 3.05) is 0 Å². The molecule has 6 heteroatoms. The van der Waals surface area contributed by atoms with Crippen molar-refractivity contribution >= 4 is 34.2 Å². The lowest BCUT2D eigenvalue weighted by atomic mass is 9.99. The van der Waals surface area contributed by atoms with Gasteiger partial charge in [0, 0.05) is 21.0 Å². The standard InChI is InChI=1S/C19H17ClN4S.C3H6.C2H6/c1-10(2)18-11(3)16-17(13-5-7-14(20)8-6-13)21-9-15-23-22-12(4)24(15)19(16)25-18;1-3-2;1-2/h5-8H,1,9H2,2-4H3;3H,1H2,2H3;1-2H3. The third-order valence-corrected chi connectivity index (χ3v) is 6.03. The minimum absolute atomic E-state index is 0.502. The summed E-state index contributed by atoms with van der Waals surface area (Å²) in [6, 6.07) is 7.83. The highest BCUT2D eigenvalue weighted by Gasteiger charge is 2.27. The first-order valence-electron chi connectivity index (χ1n) is 9.97. The molecule has 0 spiro atoms. The summed E-state index contributed by atoms with van der Waals surface area (Å²) in [4.78, 5) is 6.07. The molecule has 0 bridgehead atoms. The lowest BCUT2D eigenvalue weighted by Crippen LogP contribution is -2.07. The van der Waals surface area contributed by atoms with E-state index in [2.05, 4.69) is 34.8 Å². The van der Waals surface area contributed by atoms with Crippen LogP contribution < -0.4 is 0 Å². The van der Waals surface area contributed by atoms with Gasteiger partial charge >= 0.3 is 0 Å². The summed E-state index contributed by atoms with van der Waals surface area (Å²) in [5, 5.41) is 10.4. The van der Waals surface area contributed by atoms with Crippen LogP contribution in [0.1, 0.15) is 60.9 Å². The summed E-state index contributed by atoms with van der Waals surface area (Å²) < 4.78 is 2.12. The zero-order valence-electron chi connectivity index (χ0n) is 18.6. The van der Waals surface area contributed by atoms with E-state index in [1.165, 1.54) is 10.4 Å². The van der Waals surface area contributed by atoms with Gasteiger partial charge in [-0.1, -0.05) is 50.2 Å². The Labute approximate surface area is 188 Å². The van der Waals surface area contributed by atoms with E-state index in [1.807, 2.05) is 58.9 Å². The van der Waals surface area contributed by atoms with Crippen molar-refractivity contribution in [2.24, 2.45) is 4.99 Å². The fourth-order valence-corrected chi connectivity index (χ4v) is 4.62. The summed E-state index contributed by atoms with van der Waals surface area (Å²) in [5.74, 6) is 1.73. The van der Waals surface area contributed by atoms with Crippen LogP contribution in [0.4, 0.5) is 0 Å². The monoisotopic (exact) mass is 440 g/mol. The second-order valence-electron chi connectivity index (χ2n) is 6.60. The van der Waals surface area contributed by atoms with Crippen LogP contribution in [0.2, 0.25) is 5.02 Å². The van der Waals surface area contributed by atoms with E-state index < -0.39 is 0 Å². The second-order valence-corrected chi connectivity index (χ2v) is 8.03. The molecule has 1 aliphatic rings. The van der Waals surface area contributed by atoms with E-state index in [4.69, 9.17) is 16.6 Å². The normalized spacial score (nSPS) is 11.5. The molecule has 0 unspecified atom stereocenters. The number of allylic oxidation sites excluding steroid dienone is 2. The molecule has 3 aromatic rings. The van der Waals surface area contributed by atoms with Gasteiger partial charge in [0.05, 0.1) is 5.71 Å². The largest absolute Gasteiger partial charge is 0.276 e. The molecule has 0 saturated carbocycles. The van der Waals surface area contributed by atoms with Crippen LogP contribution in [0.15, 0.2) is 48.5 Å². The van der Waals surface area contributed by atoms with Crippen LogP contribution in [0.3, 0.4) is 0 Å². The fraction of sp³-hybridized carbons (Fsp3) is 0.292. The van der Waals surface area contributed by atoms with Crippen molar-refractivity contribution < 1.29 is 0 Å². The Morgan fingerprint density at radius 2 is 1.77 bits per heavy atom. The highest BCUT2D eigenvalue weighted by Crippen LogP contribution is 2.39. The summed E-state index contributed by atoms with van der Waals surface area (Å²) in [6.45, 7) is 20.0. The lowest BCUT2D eigenvalue weighted by molar-refractivity contribution is 0.869. The van der Waals surface area contributed by atoms with Crippen molar-refractivity contribution in [3.05, 3.63) is 81.7 Å². The van der Waals surface area contributed by atoms with Crippen LogP contribution in [0.25, 0.3) is 10.6 Å². The molecular weight excluding hydrogens is 412 g/mol. The summed E-state index contributed by atoms with van der Waals surface area (Å²) >= 11 is 7.79. The highest BCUT2D eigenvalue weighted by atomic mass is 35.5. The maximum Gasteiger partial charge on any atom is 0.160 e. The van der Waals surface area contributed by atoms with Crippen molar-refractivity contribution in [3.63, 3.8) is 0 Å². The number of hydrogen-bond acceptors (Lipinski definition) is 4. The summed E-state index contributed by atoms with van der Waals surface area (Å²) in [6.07, 6.45) is 1.75. The lowest BCUT2D eigenvalue weighted by Gasteiger charge is -2.09. The van der Waals surface area contributed by atoms with E-state index in [1.54, 1.807) is 17.4 Å². The van der Waals surface area contributed by atoms with Gasteiger partial charge in [-0.25, -0.2) is 0 Å². The molecule has 0 fully saturated rings. The predicted molar refractivity (Wildman–Crippen MR) is 131 cm³/mol. The molecule has 4 nitrogen and oxygen atoms in total. The molecule has 158 valence electrons. The topological polar surface area (TPSA) is 43.1 Å². The number of thiophene rings is 1. The minimum atomic E-state index is 0.502. The van der Waals surface area contributed by atoms with Gasteiger partial charge in [0.15, 0.2) is 5.82 Å². The molecule has 0 N–H and O–H groups in total. The van der Waals surface area contributed by atoms with Crippen molar-refractivity contribution in [1.82, 2.24) is 14.8 Å². The Kier molecular flexibility index (Phi) is 8.33. The summed E-state index contributed by atoms with van der Waals surface area (Å²) in [5.41, 5.74) is 5.40. The molecule has 3 heterocycles. The van der Waals surface area contributed by atoms with Crippen LogP contribution in [0, 0.1) is 13.8 Å². The maximum atomic E-state index is 6.06. The number of rotatable bonds is 2. The number of benzene rings is 1. The van der Waals surface area contributed by atoms with Crippen LogP contribution in [0.5, 0.6) is 0 Å². The number of fused-ring (bicyclic) bond motifs is 3. The molecule has 0 amide bonds. The molecule has 0 atom stereocenters. The molecule has 0 saturated heterocycles. The number of aryl methyl sites for hydroxylation is 1. The first-order valence-corrected chi connectivity index (χ1v) is 11.2. The van der Waals surface area contributed by atoms with Crippen molar-refractivity contribution in [2.45, 2.75) is 48.1 Å². The molecule has 1 aromatic carbocycles. The minimum Gasteiger partial charge on any atom is -0.276 e. The smallest absolute Gasteiger partial charge is 0.160 e. The van der Waals surface area contributed by atoms with Crippen LogP contribution in [-0.4, -0.2) is 20.5 Å². The molecule has 1 aliphatic heterocycles. The Morgan fingerprint density at radius 1 is 1.17 bits per heavy atom. The maximum absolute atomic E-state index is 6.06. The first-order chi connectivity index (χ1) is 14.4. The Hall–Kier alpha value is -2.50. The van der Waals surface area contributed by atoms with Gasteiger partial charge in [0.25, 0.3) is 0 Å². The van der Waals surface area contributed by atoms with Gasteiger partial charge in [0.1, 0.15) is 17.4 Å². The average Bonchev–Trinajstić information content (AvgIpc) is 3.20. The van der Waals surface area contributed by atoms with E-state index >= 15 is 0 Å². The van der Waals surface area contributed by atoms with Gasteiger partial charge in [0.2, 0.25) is 0 Å². The van der Waals surface area contributed by atoms with Gasteiger partial charge in [-0.05, 0) is 51.0 Å². The molecule has 30 heavy (non-hydrogen) atoms. The number of aliphatic imine (C=N–C) groups is 1. The first kappa shape index (κ1) is 23.8. The molecular formula is C24H29ClN4S. The zero-order chi connectivity index (χ0) is 22.4. The molecule has 2 aromatic heterocycles. The van der Waals surface area contributed by atoms with Gasteiger partial charge < -0.3 is 0 Å². The Morgan fingerprint density at radius 3 is 2.33 bits per heavy atom. The number of aromatic nitrogens is 3. The quantitative estimate of drug-likeness (QED) is 0.395. The second kappa shape index (κ2) is 10.5. The molecule has 4 rings (SSSR count). The third-order valence-electron chi connectivity index (χ3n) is 4.34. The van der Waals surface area contributed by atoms with Gasteiger partial charge in [-0.3, -0.25) is 9.56 Å². The van der Waals surface area contributed by atoms with E-state index in [9.17, 15) is 0 Å². The van der Waals surface area contributed by atoms with Crippen molar-refractivity contribution in [3.8, 4) is 5.00 Å². The fourth-order valence-electron chi connectivity index (χ4n) is 3.19. The predicted octanol–water partition coefficient (Wildman–Crippen LogP) is 7.20. The van der Waals surface area contributed by atoms with E-state index in [0.717, 1.165) is 44.1 Å². The van der Waals surface area contributed by atoms with E-state index in [-0.39, 0.29) is 0 Å². The Bertz CT molecular complexity index is 1070. The molecule has 0 radical (unpaired) electrons. The van der Waals surface area contributed by atoms with Gasteiger partial charge in [-0.15, -0.1) is 28.1 Å². The SMILES string of the molecule is C=C(C)c1sc2c(c1C)C(c1ccc(Cl)cc1)=NCc1nnc(C)n1-2.C=CC.CC. The number of hydrogen-bond donors (Lipinski definition) is 0.